The summed E-state index contributed by atoms with van der Waals surface area (Å²) in [7, 11) is 5.04. The number of anilines is 1. The highest BCUT2D eigenvalue weighted by Gasteiger charge is 2.61. The van der Waals surface area contributed by atoms with Crippen LogP contribution in [-0.2, 0) is 44.6 Å². The number of nitrogens with two attached hydrogens (primary N) is 1. The zero-order valence-corrected chi connectivity index (χ0v) is 36.9. The van der Waals surface area contributed by atoms with Gasteiger partial charge in [-0.3, -0.25) is 14.3 Å². The van der Waals surface area contributed by atoms with E-state index in [1.165, 1.54) is 18.9 Å². The Bertz CT molecular complexity index is 1860. The fourth-order valence-electron chi connectivity index (χ4n) is 9.51. The molecular formula is C43H65FN6O10. The maximum atomic E-state index is 16.9. The van der Waals surface area contributed by atoms with E-state index in [1.807, 2.05) is 50.3 Å². The Kier molecular flexibility index (Phi) is 14.5. The van der Waals surface area contributed by atoms with Gasteiger partial charge >= 0.3 is 12.1 Å². The summed E-state index contributed by atoms with van der Waals surface area (Å²) in [5.74, 6) is -5.85. The molecule has 2 aromatic rings. The number of aromatic nitrogens is 3. The Morgan fingerprint density at radius 3 is 2.37 bits per heavy atom. The van der Waals surface area contributed by atoms with E-state index < -0.39 is 83.1 Å². The minimum Gasteiger partial charge on any atom is -0.455 e. The first-order chi connectivity index (χ1) is 28.1. The number of Topliss-reactive ketones (excluding diaryl/α,β-unsaturated/α-hetero) is 2. The predicted octanol–water partition coefficient (Wildman–Crippen LogP) is 4.60. The number of ether oxygens (including phenoxy) is 5. The number of hydrogen-bond acceptors (Lipinski definition) is 14. The van der Waals surface area contributed by atoms with Crippen molar-refractivity contribution in [2.24, 2.45) is 17.8 Å². The molecule has 3 fully saturated rings. The highest BCUT2D eigenvalue weighted by Crippen LogP contribution is 2.44. The van der Waals surface area contributed by atoms with Crippen molar-refractivity contribution in [2.75, 3.05) is 33.5 Å². The first kappa shape index (κ1) is 47.0. The van der Waals surface area contributed by atoms with E-state index in [9.17, 15) is 24.3 Å². The van der Waals surface area contributed by atoms with Crippen LogP contribution in [0.5, 0.6) is 0 Å². The molecule has 0 saturated carbocycles. The Morgan fingerprint density at radius 1 is 1.05 bits per heavy atom. The van der Waals surface area contributed by atoms with E-state index in [-0.39, 0.29) is 37.3 Å². The van der Waals surface area contributed by atoms with Gasteiger partial charge in [0.1, 0.15) is 23.7 Å². The maximum absolute atomic E-state index is 16.9. The second-order valence-corrected chi connectivity index (χ2v) is 17.8. The molecule has 3 aliphatic rings. The van der Waals surface area contributed by atoms with E-state index in [2.05, 4.69) is 10.3 Å². The minimum atomic E-state index is -3.19. The lowest BCUT2D eigenvalue weighted by Crippen LogP contribution is -2.61. The van der Waals surface area contributed by atoms with Crippen molar-refractivity contribution in [3.8, 4) is 11.3 Å². The first-order valence-electron chi connectivity index (χ1n) is 21.0. The monoisotopic (exact) mass is 844 g/mol. The van der Waals surface area contributed by atoms with Crippen LogP contribution in [0.25, 0.3) is 11.3 Å². The fraction of sp³-hybridized carbons (Fsp3) is 0.721. The van der Waals surface area contributed by atoms with Crippen LogP contribution < -0.4 is 5.73 Å². The first-order valence-corrected chi connectivity index (χ1v) is 21.0. The number of amides is 1. The van der Waals surface area contributed by atoms with Crippen molar-refractivity contribution >= 4 is 29.3 Å². The zero-order chi connectivity index (χ0) is 44.5. The number of rotatable bonds is 11. The molecule has 1 aromatic carbocycles. The molecule has 60 heavy (non-hydrogen) atoms. The topological polar surface area (TPSA) is 198 Å². The number of esters is 1. The number of aryl methyl sites for hydroxylation is 1. The van der Waals surface area contributed by atoms with Gasteiger partial charge in [0.15, 0.2) is 17.7 Å². The fourth-order valence-corrected chi connectivity index (χ4v) is 9.51. The van der Waals surface area contributed by atoms with E-state index in [1.54, 1.807) is 45.4 Å². The third-order valence-electron chi connectivity index (χ3n) is 12.9. The largest absolute Gasteiger partial charge is 0.455 e. The average Bonchev–Trinajstić information content (AvgIpc) is 3.78. The van der Waals surface area contributed by atoms with E-state index in [0.29, 0.717) is 37.2 Å². The van der Waals surface area contributed by atoms with Crippen molar-refractivity contribution < 1.29 is 52.4 Å². The van der Waals surface area contributed by atoms with Gasteiger partial charge in [0.2, 0.25) is 0 Å². The molecule has 5 rings (SSSR count). The second kappa shape index (κ2) is 18.5. The number of aliphatic hydroxyl groups is 1. The Balaban J connectivity index is 1.45. The molecule has 4 unspecified atom stereocenters. The van der Waals surface area contributed by atoms with Crippen LogP contribution >= 0.6 is 0 Å². The van der Waals surface area contributed by atoms with Gasteiger partial charge < -0.3 is 44.3 Å². The SMILES string of the molecule is CC[C@H]1OC(=O)[C@@](C)(F)C(=O)[C@H](C)[C@@H](OC2OC(C)CC(N(C)C)C2O)[C@](C)(OC)C[C@@H](C)C(=O)[C@H](C)[C@H]2N(CCCCn3cc(-c4cccc(N)c4)nn3)C(=O)O[C@]12C. The molecule has 0 bridgehead atoms. The molecule has 0 spiro atoms. The quantitative estimate of drug-likeness (QED) is 0.138. The van der Waals surface area contributed by atoms with Gasteiger partial charge in [-0.2, -0.15) is 0 Å². The van der Waals surface area contributed by atoms with Gasteiger partial charge in [0.05, 0.1) is 30.0 Å². The highest BCUT2D eigenvalue weighted by atomic mass is 19.1. The molecule has 334 valence electrons. The van der Waals surface area contributed by atoms with Gasteiger partial charge in [-0.15, -0.1) is 5.10 Å². The molecule has 3 N–H and O–H groups in total. The van der Waals surface area contributed by atoms with Crippen LogP contribution in [-0.4, -0.2) is 141 Å². The summed E-state index contributed by atoms with van der Waals surface area (Å²) in [6.45, 7) is 13.1. The second-order valence-electron chi connectivity index (χ2n) is 17.8. The Hall–Kier alpha value is -4.03. The van der Waals surface area contributed by atoms with Crippen LogP contribution in [0.3, 0.4) is 0 Å². The van der Waals surface area contributed by atoms with E-state index in [0.717, 1.165) is 12.5 Å². The number of ketones is 2. The van der Waals surface area contributed by atoms with Gasteiger partial charge in [-0.25, -0.2) is 14.0 Å². The van der Waals surface area contributed by atoms with Crippen molar-refractivity contribution in [1.82, 2.24) is 24.8 Å². The number of hydrogen-bond donors (Lipinski definition) is 2. The summed E-state index contributed by atoms with van der Waals surface area (Å²) in [5, 5.41) is 19.9. The standard InChI is InChI=1S/C43H65FN6O10/c1-12-32-43(8)35(50(40(55)60-43)19-14-13-18-49-23-30(46-47-49)28-16-15-17-29(45)21-28)26(4)33(51)24(2)22-41(6,56-11)37(27(5)36(53)42(7,44)39(54)58-32)59-38-34(52)31(48(9)10)20-25(3)57-38/h15-17,21,23-27,31-32,34-35,37-38,52H,12-14,18-20,22,45H2,1-11H3/t24-,25?,26+,27+,31?,32-,34?,35-,37-,38?,41-,42+,43-/m1/s1. The number of benzene rings is 1. The summed E-state index contributed by atoms with van der Waals surface area (Å²) >= 11 is 0. The minimum absolute atomic E-state index is 0.0111. The van der Waals surface area contributed by atoms with E-state index >= 15 is 4.39 Å². The lowest BCUT2D eigenvalue weighted by atomic mass is 9.73. The number of halogens is 1. The number of methoxy groups -OCH3 is 1. The number of likely N-dealkylation sites (N-methyl/N-ethyl adjacent to an activating group) is 1. The third-order valence-corrected chi connectivity index (χ3v) is 12.9. The number of fused-ring (bicyclic) bond motifs is 1. The molecule has 0 radical (unpaired) electrons. The predicted molar refractivity (Wildman–Crippen MR) is 219 cm³/mol. The summed E-state index contributed by atoms with van der Waals surface area (Å²) in [5.41, 5.74) is 1.80. The summed E-state index contributed by atoms with van der Waals surface area (Å²) in [6.07, 6.45) is -2.57. The number of carbonyl (C=O) groups is 4. The molecule has 0 aliphatic carbocycles. The third kappa shape index (κ3) is 9.39. The number of aliphatic hydroxyl groups excluding tert-OH is 1. The van der Waals surface area contributed by atoms with Crippen LogP contribution in [0, 0.1) is 17.8 Å². The lowest BCUT2D eigenvalue weighted by Gasteiger charge is -2.47. The Morgan fingerprint density at radius 2 is 1.73 bits per heavy atom. The number of alkyl halides is 1. The van der Waals surface area contributed by atoms with E-state index in [4.69, 9.17) is 29.4 Å². The number of unbranched alkanes of at least 4 members (excludes halogenated alkanes) is 1. The zero-order valence-electron chi connectivity index (χ0n) is 36.9. The molecule has 17 heteroatoms. The molecule has 1 amide bonds. The number of cyclic esters (lactones) is 1. The molecule has 1 aromatic heterocycles. The van der Waals surface area contributed by atoms with Crippen LogP contribution in [0.4, 0.5) is 14.9 Å². The van der Waals surface area contributed by atoms with Gasteiger partial charge in [0.25, 0.3) is 5.67 Å². The molecule has 13 atom stereocenters. The summed E-state index contributed by atoms with van der Waals surface area (Å²) in [4.78, 5) is 60.1. The number of nitrogen functional groups attached to an aromatic ring is 1. The summed E-state index contributed by atoms with van der Waals surface area (Å²) in [6, 6.07) is 6.02. The Labute approximate surface area is 352 Å². The van der Waals surface area contributed by atoms with Crippen molar-refractivity contribution in [2.45, 2.75) is 154 Å². The highest BCUT2D eigenvalue weighted by molar-refractivity contribution is 6.08. The van der Waals surface area contributed by atoms with Crippen LogP contribution in [0.1, 0.15) is 87.5 Å². The van der Waals surface area contributed by atoms with Crippen molar-refractivity contribution in [1.29, 1.82) is 0 Å². The smallest absolute Gasteiger partial charge is 0.410 e. The molecule has 16 nitrogen and oxygen atoms in total. The van der Waals surface area contributed by atoms with Crippen molar-refractivity contribution in [3.05, 3.63) is 30.5 Å². The van der Waals surface area contributed by atoms with Crippen LogP contribution in [0.15, 0.2) is 30.5 Å². The van der Waals surface area contributed by atoms with Gasteiger partial charge in [-0.1, -0.05) is 45.0 Å². The normalized spacial score (nSPS) is 37.1. The van der Waals surface area contributed by atoms with Gasteiger partial charge in [0, 0.05) is 55.2 Å². The van der Waals surface area contributed by atoms with Gasteiger partial charge in [-0.05, 0) is 86.0 Å². The molecule has 3 saturated heterocycles. The maximum Gasteiger partial charge on any atom is 0.410 e. The number of nitrogens with zero attached hydrogens (tertiary/aromatic N) is 5. The molecular weight excluding hydrogens is 780 g/mol. The summed E-state index contributed by atoms with van der Waals surface area (Å²) < 4.78 is 49.2. The number of carbonyl (C=O) groups excluding carboxylic acids is 4. The molecule has 3 aliphatic heterocycles. The van der Waals surface area contributed by atoms with Crippen LogP contribution in [0.2, 0.25) is 0 Å². The molecule has 4 heterocycles. The van der Waals surface area contributed by atoms with Crippen molar-refractivity contribution in [3.63, 3.8) is 0 Å². The average molecular weight is 845 g/mol. The lowest BCUT2D eigenvalue weighted by molar-refractivity contribution is -0.295.